The average molecular weight is 532 g/mol. The van der Waals surface area contributed by atoms with Crippen LogP contribution in [0.4, 0.5) is 11.5 Å². The van der Waals surface area contributed by atoms with Crippen molar-refractivity contribution < 1.29 is 9.59 Å². The maximum absolute atomic E-state index is 13.3. The summed E-state index contributed by atoms with van der Waals surface area (Å²) in [5.41, 5.74) is 2.33. The fourth-order valence-corrected chi connectivity index (χ4v) is 5.29. The lowest BCUT2D eigenvalue weighted by Crippen LogP contribution is -2.49. The Labute approximate surface area is 224 Å². The first kappa shape index (κ1) is 25.5. The number of hydrogen-bond donors (Lipinski definition) is 2. The van der Waals surface area contributed by atoms with Gasteiger partial charge in [0.15, 0.2) is 11.0 Å². The van der Waals surface area contributed by atoms with Gasteiger partial charge < -0.3 is 15.1 Å². The van der Waals surface area contributed by atoms with Crippen LogP contribution in [0.15, 0.2) is 70.6 Å². The summed E-state index contributed by atoms with van der Waals surface area (Å²) in [6.45, 7) is 4.83. The van der Waals surface area contributed by atoms with Gasteiger partial charge in [-0.2, -0.15) is 5.10 Å². The summed E-state index contributed by atoms with van der Waals surface area (Å²) in [5.74, 6) is 0.226. The van der Waals surface area contributed by atoms with Crippen LogP contribution in [-0.4, -0.2) is 68.4 Å². The minimum absolute atomic E-state index is 0.000338. The monoisotopic (exact) mass is 531 g/mol. The van der Waals surface area contributed by atoms with E-state index in [-0.39, 0.29) is 36.1 Å². The van der Waals surface area contributed by atoms with E-state index in [2.05, 4.69) is 37.5 Å². The number of aromatic nitrogens is 4. The van der Waals surface area contributed by atoms with E-state index in [0.717, 1.165) is 24.5 Å². The number of para-hydroxylation sites is 2. The Bertz CT molecular complexity index is 1490. The maximum Gasteiger partial charge on any atom is 0.262 e. The Kier molecular flexibility index (Phi) is 7.73. The topological polar surface area (TPSA) is 116 Å². The zero-order chi connectivity index (χ0) is 26.5. The van der Waals surface area contributed by atoms with Crippen LogP contribution in [-0.2, 0) is 16.1 Å². The highest BCUT2D eigenvalue weighted by Crippen LogP contribution is 2.20. The number of fused-ring (bicyclic) bond motifs is 1. The number of nitrogens with zero attached hydrogens (tertiary/aromatic N) is 5. The number of piperazine rings is 1. The molecule has 1 aliphatic heterocycles. The number of benzene rings is 2. The van der Waals surface area contributed by atoms with Gasteiger partial charge in [0.2, 0.25) is 11.8 Å². The number of carbonyl (C=O) groups excluding carboxylic acids is 2. The molecule has 0 bridgehead atoms. The summed E-state index contributed by atoms with van der Waals surface area (Å²) in [6, 6.07) is 19.0. The summed E-state index contributed by atoms with van der Waals surface area (Å²) in [7, 11) is 0. The third kappa shape index (κ3) is 5.88. The fourth-order valence-electron chi connectivity index (χ4n) is 4.46. The Morgan fingerprint density at radius 3 is 2.50 bits per heavy atom. The smallest absolute Gasteiger partial charge is 0.262 e. The largest absolute Gasteiger partial charge is 0.368 e. The molecule has 11 heteroatoms. The van der Waals surface area contributed by atoms with Crippen molar-refractivity contribution in [1.29, 1.82) is 0 Å². The zero-order valence-corrected chi connectivity index (χ0v) is 21.9. The highest BCUT2D eigenvalue weighted by molar-refractivity contribution is 7.99. The maximum atomic E-state index is 13.3. The van der Waals surface area contributed by atoms with E-state index in [1.54, 1.807) is 24.3 Å². The second-order valence-electron chi connectivity index (χ2n) is 9.09. The van der Waals surface area contributed by atoms with Crippen molar-refractivity contribution in [2.45, 2.75) is 25.0 Å². The van der Waals surface area contributed by atoms with E-state index in [9.17, 15) is 14.4 Å². The van der Waals surface area contributed by atoms with E-state index in [1.807, 2.05) is 36.1 Å². The van der Waals surface area contributed by atoms with Crippen LogP contribution in [0.25, 0.3) is 10.9 Å². The van der Waals surface area contributed by atoms with Crippen LogP contribution >= 0.6 is 11.8 Å². The summed E-state index contributed by atoms with van der Waals surface area (Å²) in [6.07, 6.45) is 0.178. The second kappa shape index (κ2) is 11.5. The summed E-state index contributed by atoms with van der Waals surface area (Å²) in [5, 5.41) is 10.4. The average Bonchev–Trinajstić information content (AvgIpc) is 3.36. The zero-order valence-electron chi connectivity index (χ0n) is 21.1. The predicted molar refractivity (Wildman–Crippen MR) is 149 cm³/mol. The van der Waals surface area contributed by atoms with Crippen LogP contribution in [0, 0.1) is 6.92 Å². The van der Waals surface area contributed by atoms with E-state index in [0.29, 0.717) is 35.0 Å². The first-order chi connectivity index (χ1) is 18.5. The molecule has 2 N–H and O–H groups in total. The lowest BCUT2D eigenvalue weighted by molar-refractivity contribution is -0.131. The predicted octanol–water partition coefficient (Wildman–Crippen LogP) is 2.90. The van der Waals surface area contributed by atoms with Crippen LogP contribution in [0.1, 0.15) is 12.1 Å². The number of amides is 2. The molecule has 10 nitrogen and oxygen atoms in total. The molecular weight excluding hydrogens is 502 g/mol. The van der Waals surface area contributed by atoms with E-state index >= 15 is 0 Å². The number of carbonyl (C=O) groups is 2. The van der Waals surface area contributed by atoms with Crippen LogP contribution in [0.5, 0.6) is 0 Å². The number of hydrogen-bond acceptors (Lipinski definition) is 7. The molecule has 2 aromatic heterocycles. The van der Waals surface area contributed by atoms with E-state index < -0.39 is 0 Å². The van der Waals surface area contributed by atoms with Gasteiger partial charge in [-0.3, -0.25) is 24.0 Å². The van der Waals surface area contributed by atoms with Gasteiger partial charge in [-0.1, -0.05) is 42.1 Å². The SMILES string of the molecule is Cc1cc(NC(=O)CSc2nc3ccccc3c(=O)n2CCC(=O)N2CCN(c3ccccc3)CC2)n[nH]1. The third-order valence-corrected chi connectivity index (χ3v) is 7.41. The van der Waals surface area contributed by atoms with Gasteiger partial charge in [0.05, 0.1) is 16.7 Å². The standard InChI is InChI=1S/C27H29N7O3S/c1-19-17-23(31-30-19)29-24(35)18-38-27-28-22-10-6-5-9-21(22)26(37)34(27)12-11-25(36)33-15-13-32(14-16-33)20-7-3-2-4-8-20/h2-10,17H,11-16,18H2,1H3,(H2,29,30,31,35). The molecule has 38 heavy (non-hydrogen) atoms. The first-order valence-corrected chi connectivity index (χ1v) is 13.5. The van der Waals surface area contributed by atoms with Gasteiger partial charge in [-0.05, 0) is 31.2 Å². The summed E-state index contributed by atoms with van der Waals surface area (Å²) < 4.78 is 1.51. The molecule has 1 saturated heterocycles. The quantitative estimate of drug-likeness (QED) is 0.265. The van der Waals surface area contributed by atoms with Crippen molar-refractivity contribution in [2.24, 2.45) is 0 Å². The van der Waals surface area contributed by atoms with Crippen molar-refractivity contribution in [3.8, 4) is 0 Å². The third-order valence-electron chi connectivity index (χ3n) is 6.44. The lowest BCUT2D eigenvalue weighted by Gasteiger charge is -2.36. The molecule has 1 aliphatic rings. The fraction of sp³-hybridized carbons (Fsp3) is 0.296. The minimum Gasteiger partial charge on any atom is -0.368 e. The Morgan fingerprint density at radius 2 is 1.76 bits per heavy atom. The molecule has 0 aliphatic carbocycles. The Balaban J connectivity index is 1.25. The van der Waals surface area contributed by atoms with Gasteiger partial charge in [-0.15, -0.1) is 0 Å². The molecular formula is C27H29N7O3S. The second-order valence-corrected chi connectivity index (χ2v) is 10.0. The lowest BCUT2D eigenvalue weighted by atomic mass is 10.2. The number of H-pyrrole nitrogens is 1. The van der Waals surface area contributed by atoms with Crippen molar-refractivity contribution in [2.75, 3.05) is 42.1 Å². The highest BCUT2D eigenvalue weighted by Gasteiger charge is 2.22. The van der Waals surface area contributed by atoms with Crippen molar-refractivity contribution in [3.63, 3.8) is 0 Å². The number of aryl methyl sites for hydroxylation is 1. The molecule has 2 aromatic carbocycles. The van der Waals surface area contributed by atoms with E-state index in [1.165, 1.54) is 16.3 Å². The van der Waals surface area contributed by atoms with Gasteiger partial charge in [-0.25, -0.2) is 4.98 Å². The van der Waals surface area contributed by atoms with Crippen LogP contribution in [0.3, 0.4) is 0 Å². The number of anilines is 2. The molecule has 2 amide bonds. The minimum atomic E-state index is -0.261. The Morgan fingerprint density at radius 1 is 1.03 bits per heavy atom. The highest BCUT2D eigenvalue weighted by atomic mass is 32.2. The van der Waals surface area contributed by atoms with Gasteiger partial charge >= 0.3 is 0 Å². The number of aromatic amines is 1. The van der Waals surface area contributed by atoms with E-state index in [4.69, 9.17) is 0 Å². The van der Waals surface area contributed by atoms with Gasteiger partial charge in [0, 0.05) is 56.6 Å². The number of nitrogens with one attached hydrogen (secondary N) is 2. The van der Waals surface area contributed by atoms with Gasteiger partial charge in [0.1, 0.15) is 0 Å². The molecule has 5 rings (SSSR count). The summed E-state index contributed by atoms with van der Waals surface area (Å²) >= 11 is 1.17. The molecule has 0 radical (unpaired) electrons. The van der Waals surface area contributed by atoms with Crippen LogP contribution < -0.4 is 15.8 Å². The molecule has 0 spiro atoms. The summed E-state index contributed by atoms with van der Waals surface area (Å²) in [4.78, 5) is 47.7. The van der Waals surface area contributed by atoms with Crippen molar-refractivity contribution in [1.82, 2.24) is 24.6 Å². The molecule has 0 atom stereocenters. The molecule has 0 unspecified atom stereocenters. The number of thioether (sulfide) groups is 1. The first-order valence-electron chi connectivity index (χ1n) is 12.5. The van der Waals surface area contributed by atoms with Gasteiger partial charge in [0.25, 0.3) is 5.56 Å². The van der Waals surface area contributed by atoms with Crippen LogP contribution in [0.2, 0.25) is 0 Å². The van der Waals surface area contributed by atoms with Crippen molar-refractivity contribution >= 4 is 46.0 Å². The van der Waals surface area contributed by atoms with Crippen molar-refractivity contribution in [3.05, 3.63) is 76.7 Å². The number of rotatable bonds is 8. The Hall–Kier alpha value is -4.12. The molecule has 4 aromatic rings. The molecule has 1 fully saturated rings. The molecule has 3 heterocycles. The normalized spacial score (nSPS) is 13.6. The molecule has 196 valence electrons. The molecule has 0 saturated carbocycles.